The van der Waals surface area contributed by atoms with E-state index in [0.29, 0.717) is 5.16 Å². The molecule has 0 heterocycles. The Morgan fingerprint density at radius 1 is 1.07 bits per heavy atom. The zero-order valence-electron chi connectivity index (χ0n) is 9.75. The maximum absolute atomic E-state index is 2.41. The van der Waals surface area contributed by atoms with Gasteiger partial charge in [-0.05, 0) is 30.0 Å². The lowest BCUT2D eigenvalue weighted by Crippen LogP contribution is -2.13. The first-order chi connectivity index (χ1) is 6.50. The highest BCUT2D eigenvalue weighted by atomic mass is 31.1. The van der Waals surface area contributed by atoms with E-state index in [1.807, 2.05) is 0 Å². The van der Waals surface area contributed by atoms with E-state index < -0.39 is 0 Å². The van der Waals surface area contributed by atoms with Gasteiger partial charge in [0.25, 0.3) is 0 Å². The molecule has 0 saturated carbocycles. The van der Waals surface area contributed by atoms with E-state index in [4.69, 9.17) is 0 Å². The summed E-state index contributed by atoms with van der Waals surface area (Å²) < 4.78 is 0. The average molecular weight is 208 g/mol. The summed E-state index contributed by atoms with van der Waals surface area (Å²) in [6.45, 7) is 9.47. The molecule has 0 aliphatic rings. The second-order valence-corrected chi connectivity index (χ2v) is 8.01. The van der Waals surface area contributed by atoms with Crippen molar-refractivity contribution in [1.82, 2.24) is 0 Å². The van der Waals surface area contributed by atoms with Gasteiger partial charge in [0, 0.05) is 0 Å². The number of hydrogen-bond donors (Lipinski definition) is 0. The highest BCUT2D eigenvalue weighted by Gasteiger charge is 2.18. The van der Waals surface area contributed by atoms with Crippen LogP contribution in [0.25, 0.3) is 0 Å². The van der Waals surface area contributed by atoms with Gasteiger partial charge in [-0.1, -0.05) is 51.1 Å². The highest BCUT2D eigenvalue weighted by molar-refractivity contribution is 7.58. The summed E-state index contributed by atoms with van der Waals surface area (Å²) in [5.74, 6) is 0. The van der Waals surface area contributed by atoms with E-state index >= 15 is 0 Å². The molecular weight excluding hydrogens is 187 g/mol. The first kappa shape index (κ1) is 11.7. The van der Waals surface area contributed by atoms with E-state index in [-0.39, 0.29) is 7.92 Å². The Hall–Kier alpha value is -0.350. The van der Waals surface area contributed by atoms with Crippen molar-refractivity contribution in [3.63, 3.8) is 0 Å². The van der Waals surface area contributed by atoms with E-state index in [2.05, 4.69) is 57.8 Å². The minimum atomic E-state index is 0.155. The number of aryl methyl sites for hydroxylation is 1. The minimum Gasteiger partial charge on any atom is -0.104 e. The molecule has 0 N–H and O–H groups in total. The van der Waals surface area contributed by atoms with Gasteiger partial charge in [0.2, 0.25) is 0 Å². The highest BCUT2D eigenvalue weighted by Crippen LogP contribution is 2.45. The molecule has 0 saturated heterocycles. The van der Waals surface area contributed by atoms with E-state index in [0.717, 1.165) is 0 Å². The summed E-state index contributed by atoms with van der Waals surface area (Å²) in [6.07, 6.45) is 2.59. The fraction of sp³-hybridized carbons (Fsp3) is 0.538. The molecule has 78 valence electrons. The van der Waals surface area contributed by atoms with Crippen molar-refractivity contribution >= 4 is 7.92 Å². The molecule has 1 unspecified atom stereocenters. The zero-order valence-corrected chi connectivity index (χ0v) is 10.6. The first-order valence-electron chi connectivity index (χ1n) is 5.25. The van der Waals surface area contributed by atoms with Crippen LogP contribution in [0.5, 0.6) is 0 Å². The van der Waals surface area contributed by atoms with Crippen LogP contribution in [0.15, 0.2) is 30.3 Å². The minimum absolute atomic E-state index is 0.155. The molecule has 0 aromatic heterocycles. The Balaban J connectivity index is 2.42. The van der Waals surface area contributed by atoms with Crippen LogP contribution in [0.2, 0.25) is 0 Å². The summed E-state index contributed by atoms with van der Waals surface area (Å²) in [5, 5.41) is 0.504. The predicted molar refractivity (Wildman–Crippen MR) is 67.6 cm³/mol. The van der Waals surface area contributed by atoms with Crippen LogP contribution in [0.1, 0.15) is 26.3 Å². The molecular formula is C13H21P. The van der Waals surface area contributed by atoms with Crippen LogP contribution in [0, 0.1) is 0 Å². The smallest absolute Gasteiger partial charge is 0.0182 e. The van der Waals surface area contributed by atoms with Crippen molar-refractivity contribution in [2.24, 2.45) is 0 Å². The molecule has 1 rings (SSSR count). The van der Waals surface area contributed by atoms with Crippen molar-refractivity contribution in [2.75, 3.05) is 12.8 Å². The van der Waals surface area contributed by atoms with Crippen LogP contribution >= 0.6 is 7.92 Å². The van der Waals surface area contributed by atoms with Gasteiger partial charge >= 0.3 is 0 Å². The van der Waals surface area contributed by atoms with Crippen molar-refractivity contribution < 1.29 is 0 Å². The summed E-state index contributed by atoms with van der Waals surface area (Å²) in [5.41, 5.74) is 1.48. The Morgan fingerprint density at radius 3 is 2.14 bits per heavy atom. The van der Waals surface area contributed by atoms with Gasteiger partial charge in [0.1, 0.15) is 0 Å². The molecule has 1 heteroatoms. The van der Waals surface area contributed by atoms with Crippen molar-refractivity contribution in [3.8, 4) is 0 Å². The van der Waals surface area contributed by atoms with Crippen LogP contribution in [0.3, 0.4) is 0 Å². The standard InChI is InChI=1S/C13H21P/c1-13(2,3)14(4)11-10-12-8-6-5-7-9-12/h5-9H,10-11H2,1-4H3. The van der Waals surface area contributed by atoms with Gasteiger partial charge in [0.15, 0.2) is 0 Å². The van der Waals surface area contributed by atoms with Gasteiger partial charge < -0.3 is 0 Å². The second kappa shape index (κ2) is 4.94. The van der Waals surface area contributed by atoms with Crippen LogP contribution in [0.4, 0.5) is 0 Å². The molecule has 0 bridgehead atoms. The fourth-order valence-electron chi connectivity index (χ4n) is 1.28. The largest absolute Gasteiger partial charge is 0.104 e. The first-order valence-corrected chi connectivity index (χ1v) is 7.23. The number of benzene rings is 1. The fourth-order valence-corrected chi connectivity index (χ4v) is 2.54. The lowest BCUT2D eigenvalue weighted by molar-refractivity contribution is 0.781. The van der Waals surface area contributed by atoms with Crippen molar-refractivity contribution in [1.29, 1.82) is 0 Å². The molecule has 0 nitrogen and oxygen atoms in total. The number of hydrogen-bond acceptors (Lipinski definition) is 0. The molecule has 0 spiro atoms. The van der Waals surface area contributed by atoms with Gasteiger partial charge in [0.05, 0.1) is 0 Å². The maximum atomic E-state index is 2.41. The van der Waals surface area contributed by atoms with Crippen LogP contribution in [-0.4, -0.2) is 18.0 Å². The molecule has 1 atom stereocenters. The zero-order chi connectivity index (χ0) is 10.6. The third-order valence-corrected chi connectivity index (χ3v) is 5.91. The van der Waals surface area contributed by atoms with Crippen molar-refractivity contribution in [2.45, 2.75) is 32.3 Å². The Bertz CT molecular complexity index is 258. The van der Waals surface area contributed by atoms with E-state index in [1.165, 1.54) is 18.1 Å². The molecule has 0 aliphatic heterocycles. The predicted octanol–water partition coefficient (Wildman–Crippen LogP) is 4.14. The van der Waals surface area contributed by atoms with Crippen molar-refractivity contribution in [3.05, 3.63) is 35.9 Å². The van der Waals surface area contributed by atoms with Gasteiger partial charge in [-0.2, -0.15) is 0 Å². The Labute approximate surface area is 89.5 Å². The molecule has 0 radical (unpaired) electrons. The molecule has 1 aromatic rings. The Kier molecular flexibility index (Phi) is 4.13. The summed E-state index contributed by atoms with van der Waals surface area (Å²) in [6, 6.07) is 10.8. The molecule has 1 aromatic carbocycles. The SMILES string of the molecule is CP(CCc1ccccc1)C(C)(C)C. The Morgan fingerprint density at radius 2 is 1.64 bits per heavy atom. The maximum Gasteiger partial charge on any atom is -0.0182 e. The average Bonchev–Trinajstić information content (AvgIpc) is 2.14. The third-order valence-electron chi connectivity index (χ3n) is 2.72. The van der Waals surface area contributed by atoms with E-state index in [1.54, 1.807) is 0 Å². The molecule has 0 aliphatic carbocycles. The van der Waals surface area contributed by atoms with Gasteiger partial charge in [-0.3, -0.25) is 0 Å². The normalized spacial score (nSPS) is 14.0. The van der Waals surface area contributed by atoms with Crippen LogP contribution < -0.4 is 0 Å². The molecule has 14 heavy (non-hydrogen) atoms. The quantitative estimate of drug-likeness (QED) is 0.655. The van der Waals surface area contributed by atoms with E-state index in [9.17, 15) is 0 Å². The molecule has 0 amide bonds. The summed E-state index contributed by atoms with van der Waals surface area (Å²) in [4.78, 5) is 0. The summed E-state index contributed by atoms with van der Waals surface area (Å²) in [7, 11) is 0.155. The summed E-state index contributed by atoms with van der Waals surface area (Å²) >= 11 is 0. The lowest BCUT2D eigenvalue weighted by atomic mass is 10.2. The second-order valence-electron chi connectivity index (χ2n) is 4.83. The monoisotopic (exact) mass is 208 g/mol. The van der Waals surface area contributed by atoms with Crippen LogP contribution in [-0.2, 0) is 6.42 Å². The third kappa shape index (κ3) is 3.80. The molecule has 0 fully saturated rings. The topological polar surface area (TPSA) is 0 Å². The number of rotatable bonds is 3. The lowest BCUT2D eigenvalue weighted by Gasteiger charge is -2.27. The van der Waals surface area contributed by atoms with Gasteiger partial charge in [-0.25, -0.2) is 0 Å². The van der Waals surface area contributed by atoms with Gasteiger partial charge in [-0.15, -0.1) is 7.92 Å².